The second kappa shape index (κ2) is 8.17. The van der Waals surface area contributed by atoms with Gasteiger partial charge in [-0.05, 0) is 25.0 Å². The third-order valence-electron chi connectivity index (χ3n) is 4.14. The SMILES string of the molecule is COc1ccc(C)cc1CCNC(=O)c1n[nH]c2c1CNCC2.Cl. The largest absolute Gasteiger partial charge is 0.496 e. The van der Waals surface area contributed by atoms with Gasteiger partial charge in [0, 0.05) is 37.3 Å². The molecule has 2 heterocycles. The highest BCUT2D eigenvalue weighted by atomic mass is 35.5. The first-order valence-electron chi connectivity index (χ1n) is 7.87. The van der Waals surface area contributed by atoms with Crippen molar-refractivity contribution in [3.63, 3.8) is 0 Å². The van der Waals surface area contributed by atoms with Crippen LogP contribution in [-0.4, -0.2) is 36.3 Å². The summed E-state index contributed by atoms with van der Waals surface area (Å²) in [6.07, 6.45) is 1.61. The number of carbonyl (C=O) groups excluding carboxylic acids is 1. The Morgan fingerprint density at radius 2 is 2.25 bits per heavy atom. The van der Waals surface area contributed by atoms with Crippen molar-refractivity contribution in [2.45, 2.75) is 26.3 Å². The molecule has 0 atom stereocenters. The Bertz CT molecular complexity index is 715. The number of nitrogens with zero attached hydrogens (tertiary/aromatic N) is 1. The molecule has 3 rings (SSSR count). The number of hydrogen-bond acceptors (Lipinski definition) is 4. The van der Waals surface area contributed by atoms with Crippen LogP contribution in [0, 0.1) is 6.92 Å². The van der Waals surface area contributed by atoms with Crippen LogP contribution in [0.4, 0.5) is 0 Å². The summed E-state index contributed by atoms with van der Waals surface area (Å²) < 4.78 is 5.37. The van der Waals surface area contributed by atoms with E-state index in [-0.39, 0.29) is 18.3 Å². The first kappa shape index (κ1) is 18.3. The van der Waals surface area contributed by atoms with Gasteiger partial charge in [-0.25, -0.2) is 0 Å². The minimum atomic E-state index is -0.127. The number of halogens is 1. The fourth-order valence-corrected chi connectivity index (χ4v) is 2.91. The predicted molar refractivity (Wildman–Crippen MR) is 95.0 cm³/mol. The average Bonchev–Trinajstić information content (AvgIpc) is 2.99. The number of fused-ring (bicyclic) bond motifs is 1. The highest BCUT2D eigenvalue weighted by Gasteiger charge is 2.21. The lowest BCUT2D eigenvalue weighted by atomic mass is 10.1. The third-order valence-corrected chi connectivity index (χ3v) is 4.14. The number of amides is 1. The summed E-state index contributed by atoms with van der Waals surface area (Å²) in [6.45, 7) is 4.21. The number of methoxy groups -OCH3 is 1. The van der Waals surface area contributed by atoms with Crippen LogP contribution < -0.4 is 15.4 Å². The second-order valence-electron chi connectivity index (χ2n) is 5.78. The monoisotopic (exact) mass is 350 g/mol. The van der Waals surface area contributed by atoms with Crippen molar-refractivity contribution in [3.05, 3.63) is 46.3 Å². The molecule has 1 aromatic carbocycles. The van der Waals surface area contributed by atoms with E-state index in [2.05, 4.69) is 26.9 Å². The Labute approximate surface area is 147 Å². The number of H-pyrrole nitrogens is 1. The van der Waals surface area contributed by atoms with Crippen LogP contribution in [-0.2, 0) is 19.4 Å². The zero-order valence-corrected chi connectivity index (χ0v) is 14.8. The van der Waals surface area contributed by atoms with Gasteiger partial charge in [-0.2, -0.15) is 5.10 Å². The molecular weight excluding hydrogens is 328 g/mol. The van der Waals surface area contributed by atoms with E-state index in [4.69, 9.17) is 4.74 Å². The molecule has 0 radical (unpaired) electrons. The molecule has 0 saturated carbocycles. The van der Waals surface area contributed by atoms with Crippen molar-refractivity contribution in [1.29, 1.82) is 0 Å². The van der Waals surface area contributed by atoms with Gasteiger partial charge in [-0.3, -0.25) is 9.89 Å². The Morgan fingerprint density at radius 3 is 3.04 bits per heavy atom. The first-order valence-corrected chi connectivity index (χ1v) is 7.87. The van der Waals surface area contributed by atoms with Gasteiger partial charge < -0.3 is 15.4 Å². The Kier molecular flexibility index (Phi) is 6.23. The number of nitrogens with one attached hydrogen (secondary N) is 3. The lowest BCUT2D eigenvalue weighted by Gasteiger charge is -2.13. The molecule has 24 heavy (non-hydrogen) atoms. The van der Waals surface area contributed by atoms with Gasteiger partial charge in [0.1, 0.15) is 5.75 Å². The van der Waals surface area contributed by atoms with Crippen LogP contribution >= 0.6 is 12.4 Å². The van der Waals surface area contributed by atoms with Crippen molar-refractivity contribution in [1.82, 2.24) is 20.8 Å². The number of rotatable bonds is 5. The van der Waals surface area contributed by atoms with E-state index in [1.165, 1.54) is 5.56 Å². The zero-order chi connectivity index (χ0) is 16.2. The maximum absolute atomic E-state index is 12.3. The van der Waals surface area contributed by atoms with Crippen molar-refractivity contribution >= 4 is 18.3 Å². The number of aryl methyl sites for hydroxylation is 1. The maximum atomic E-state index is 12.3. The second-order valence-corrected chi connectivity index (χ2v) is 5.78. The molecule has 7 heteroatoms. The Morgan fingerprint density at radius 1 is 1.42 bits per heavy atom. The van der Waals surface area contributed by atoms with Crippen LogP contribution in [0.3, 0.4) is 0 Å². The number of hydrogen-bond donors (Lipinski definition) is 3. The molecule has 1 aliphatic rings. The standard InChI is InChI=1S/C17H22N4O2.ClH/c1-11-3-4-15(23-2)12(9-11)5-8-19-17(22)16-13-10-18-7-6-14(13)20-21-16;/h3-4,9,18H,5-8,10H2,1-2H3,(H,19,22)(H,20,21);1H. The molecular formula is C17H23ClN4O2. The first-order chi connectivity index (χ1) is 11.2. The van der Waals surface area contributed by atoms with Gasteiger partial charge in [0.05, 0.1) is 7.11 Å². The van der Waals surface area contributed by atoms with Crippen molar-refractivity contribution in [3.8, 4) is 5.75 Å². The Hall–Kier alpha value is -2.05. The molecule has 0 saturated heterocycles. The van der Waals surface area contributed by atoms with E-state index in [9.17, 15) is 4.79 Å². The molecule has 3 N–H and O–H groups in total. The third kappa shape index (κ3) is 3.88. The predicted octanol–water partition coefficient (Wildman–Crippen LogP) is 1.77. The molecule has 130 valence electrons. The van der Waals surface area contributed by atoms with E-state index in [1.807, 2.05) is 19.1 Å². The highest BCUT2D eigenvalue weighted by Crippen LogP contribution is 2.20. The molecule has 0 bridgehead atoms. The summed E-state index contributed by atoms with van der Waals surface area (Å²) in [7, 11) is 1.66. The number of aromatic nitrogens is 2. The quantitative estimate of drug-likeness (QED) is 0.768. The molecule has 0 aliphatic carbocycles. The minimum absolute atomic E-state index is 0. The fourth-order valence-electron chi connectivity index (χ4n) is 2.91. The molecule has 0 fully saturated rings. The normalized spacial score (nSPS) is 12.9. The average molecular weight is 351 g/mol. The van der Waals surface area contributed by atoms with Gasteiger partial charge in [0.15, 0.2) is 5.69 Å². The summed E-state index contributed by atoms with van der Waals surface area (Å²) >= 11 is 0. The summed E-state index contributed by atoms with van der Waals surface area (Å²) in [5.74, 6) is 0.726. The van der Waals surface area contributed by atoms with Crippen molar-refractivity contribution in [2.24, 2.45) is 0 Å². The van der Waals surface area contributed by atoms with Crippen molar-refractivity contribution < 1.29 is 9.53 Å². The highest BCUT2D eigenvalue weighted by molar-refractivity contribution is 5.94. The van der Waals surface area contributed by atoms with Crippen LogP contribution in [0.1, 0.15) is 32.9 Å². The van der Waals surface area contributed by atoms with Crippen LogP contribution in [0.5, 0.6) is 5.75 Å². The van der Waals surface area contributed by atoms with E-state index in [1.54, 1.807) is 7.11 Å². The van der Waals surface area contributed by atoms with E-state index >= 15 is 0 Å². The number of carbonyl (C=O) groups is 1. The minimum Gasteiger partial charge on any atom is -0.496 e. The van der Waals surface area contributed by atoms with Gasteiger partial charge in [0.2, 0.25) is 0 Å². The Balaban J connectivity index is 0.00000208. The van der Waals surface area contributed by atoms with Crippen LogP contribution in [0.2, 0.25) is 0 Å². The smallest absolute Gasteiger partial charge is 0.272 e. The molecule has 2 aromatic rings. The molecule has 1 amide bonds. The van der Waals surface area contributed by atoms with E-state index < -0.39 is 0 Å². The summed E-state index contributed by atoms with van der Waals surface area (Å²) in [5, 5.41) is 13.4. The molecule has 0 spiro atoms. The molecule has 6 nitrogen and oxygen atoms in total. The molecule has 1 aliphatic heterocycles. The zero-order valence-electron chi connectivity index (χ0n) is 13.9. The summed E-state index contributed by atoms with van der Waals surface area (Å²) in [6, 6.07) is 6.07. The van der Waals surface area contributed by atoms with Crippen LogP contribution in [0.15, 0.2) is 18.2 Å². The fraction of sp³-hybridized carbons (Fsp3) is 0.412. The molecule has 0 unspecified atom stereocenters. The maximum Gasteiger partial charge on any atom is 0.272 e. The number of ether oxygens (including phenoxy) is 1. The molecule has 1 aromatic heterocycles. The summed E-state index contributed by atoms with van der Waals surface area (Å²) in [4.78, 5) is 12.3. The van der Waals surface area contributed by atoms with E-state index in [0.717, 1.165) is 42.0 Å². The van der Waals surface area contributed by atoms with Gasteiger partial charge in [-0.1, -0.05) is 17.7 Å². The summed E-state index contributed by atoms with van der Waals surface area (Å²) in [5.41, 5.74) is 4.83. The topological polar surface area (TPSA) is 79.0 Å². The number of aromatic amines is 1. The van der Waals surface area contributed by atoms with Crippen LogP contribution in [0.25, 0.3) is 0 Å². The van der Waals surface area contributed by atoms with Gasteiger partial charge in [0.25, 0.3) is 5.91 Å². The van der Waals surface area contributed by atoms with Gasteiger partial charge >= 0.3 is 0 Å². The lowest BCUT2D eigenvalue weighted by molar-refractivity contribution is 0.0948. The van der Waals surface area contributed by atoms with Crippen molar-refractivity contribution in [2.75, 3.05) is 20.2 Å². The lowest BCUT2D eigenvalue weighted by Crippen LogP contribution is -2.29. The van der Waals surface area contributed by atoms with Gasteiger partial charge in [-0.15, -0.1) is 12.4 Å². The number of benzene rings is 1. The van der Waals surface area contributed by atoms with E-state index in [0.29, 0.717) is 18.8 Å².